The molecule has 20 heteroatoms. The number of hydrogen-bond donors (Lipinski definition) is 8. The Hall–Kier alpha value is -6.69. The van der Waals surface area contributed by atoms with E-state index in [2.05, 4.69) is 31.6 Å². The van der Waals surface area contributed by atoms with Crippen LogP contribution in [0.1, 0.15) is 58.7 Å². The highest BCUT2D eigenvalue weighted by Crippen LogP contribution is 2.24. The second-order valence-electron chi connectivity index (χ2n) is 13.9. The van der Waals surface area contributed by atoms with E-state index in [1.54, 1.807) is 95.8 Å². The number of amidine groups is 1. The van der Waals surface area contributed by atoms with Crippen molar-refractivity contribution in [2.24, 2.45) is 26.9 Å². The van der Waals surface area contributed by atoms with Crippen molar-refractivity contribution in [3.8, 4) is 0 Å². The molecule has 61 heavy (non-hydrogen) atoms. The number of carbonyl (C=O) groups excluding carboxylic acids is 5. The molecule has 0 spiro atoms. The summed E-state index contributed by atoms with van der Waals surface area (Å²) >= 11 is 11.9. The van der Waals surface area contributed by atoms with E-state index in [-0.39, 0.29) is 53.7 Å². The number of nitrogens with zero attached hydrogens (tertiary/aromatic N) is 4. The summed E-state index contributed by atoms with van der Waals surface area (Å²) in [6, 6.07) is 20.4. The smallest absolute Gasteiger partial charge is 0.273 e. The van der Waals surface area contributed by atoms with Gasteiger partial charge in [-0.25, -0.2) is 0 Å². The van der Waals surface area contributed by atoms with Crippen LogP contribution in [-0.2, 0) is 21.1 Å². The molecule has 0 atom stereocenters. The van der Waals surface area contributed by atoms with E-state index in [1.165, 1.54) is 12.1 Å². The Morgan fingerprint density at radius 1 is 0.689 bits per heavy atom. The first-order chi connectivity index (χ1) is 28.7. The molecule has 0 fully saturated rings. The molecule has 4 heterocycles. The number of aromatic nitrogens is 4. The Kier molecular flexibility index (Phi) is 14.9. The Morgan fingerprint density at radius 3 is 1.89 bits per heavy atom. The van der Waals surface area contributed by atoms with Crippen LogP contribution >= 0.6 is 23.2 Å². The van der Waals surface area contributed by atoms with Crippen molar-refractivity contribution >= 4 is 98.0 Å². The molecule has 10 N–H and O–H groups in total. The van der Waals surface area contributed by atoms with E-state index in [4.69, 9.17) is 34.3 Å². The van der Waals surface area contributed by atoms with Crippen molar-refractivity contribution in [2.75, 3.05) is 57.6 Å². The van der Waals surface area contributed by atoms with Gasteiger partial charge in [-0.2, -0.15) is 0 Å². The zero-order valence-corrected chi connectivity index (χ0v) is 35.7. The number of benzene rings is 2. The number of aryl methyl sites for hydroxylation is 2. The summed E-state index contributed by atoms with van der Waals surface area (Å²) in [6.07, 6.45) is 3.53. The second kappa shape index (κ2) is 20.0. The first kappa shape index (κ1) is 45.4. The molecule has 0 radical (unpaired) electrons. The maximum absolute atomic E-state index is 13.4. The fourth-order valence-electron chi connectivity index (χ4n) is 6.50. The van der Waals surface area contributed by atoms with Crippen molar-refractivity contribution in [2.45, 2.75) is 6.42 Å². The maximum Gasteiger partial charge on any atom is 0.273 e. The summed E-state index contributed by atoms with van der Waals surface area (Å²) in [7, 11) is 4.97. The van der Waals surface area contributed by atoms with Gasteiger partial charge in [0.05, 0.1) is 17.8 Å². The van der Waals surface area contributed by atoms with Gasteiger partial charge in [-0.15, -0.1) is 23.2 Å². The van der Waals surface area contributed by atoms with E-state index in [9.17, 15) is 24.0 Å². The number of amides is 5. The Bertz CT molecular complexity index is 2590. The van der Waals surface area contributed by atoms with Crippen LogP contribution in [0.25, 0.3) is 10.9 Å². The van der Waals surface area contributed by atoms with Gasteiger partial charge in [0.25, 0.3) is 29.5 Å². The van der Waals surface area contributed by atoms with Crippen molar-refractivity contribution < 1.29 is 41.8 Å². The number of anilines is 5. The molecule has 0 unspecified atom stereocenters. The van der Waals surface area contributed by atoms with Gasteiger partial charge >= 0.3 is 0 Å². The standard InChI is InChI=1S/C41H44Cl2N12O5.ClH/c1-52-22-27(20-33(52)40(59)49-28-21-34(53(2)23-28)41(60)51-36-11-10-32(54(36)3)39(58)46-15-12-35(44)45)48-38(57)31-19-25-18-26(6-9-30(25)50-31)47-37(56)24-4-7-29(8-5-24)55(16-13-42)17-14-43;/h4-11,18-23,50H,12-17H2,1-3H3,(H3,44,45)(H,46,58)(H,47,56)(H,48,57)(H,49,59)(H,51,60);1H. The molecule has 6 aromatic rings. The van der Waals surface area contributed by atoms with Crippen LogP contribution in [0.4, 0.5) is 28.6 Å². The number of carbonyl (C=O) groups is 5. The molecule has 0 aliphatic carbocycles. The summed E-state index contributed by atoms with van der Waals surface area (Å²) in [6.45, 7) is 1.54. The molecule has 0 saturated heterocycles. The first-order valence-corrected chi connectivity index (χ1v) is 19.8. The summed E-state index contributed by atoms with van der Waals surface area (Å²) < 4.78 is 4.67. The average molecular weight is 892 g/mol. The maximum atomic E-state index is 13.4. The number of fused-ring (bicyclic) bond motifs is 1. The molecule has 0 bridgehead atoms. The molecule has 2 aromatic carbocycles. The number of nitrogens with two attached hydrogens (primary N) is 2. The summed E-state index contributed by atoms with van der Waals surface area (Å²) in [5, 5.41) is 20.2. The van der Waals surface area contributed by atoms with Crippen molar-refractivity contribution in [1.82, 2.24) is 24.0 Å². The van der Waals surface area contributed by atoms with Crippen LogP contribution in [0.3, 0.4) is 0 Å². The zero-order chi connectivity index (χ0) is 43.1. The van der Waals surface area contributed by atoms with E-state index < -0.39 is 17.7 Å². The summed E-state index contributed by atoms with van der Waals surface area (Å²) in [4.78, 5) is 70.7. The highest BCUT2D eigenvalue weighted by atomic mass is 35.5. The predicted molar refractivity (Wildman–Crippen MR) is 235 cm³/mol. The van der Waals surface area contributed by atoms with Crippen LogP contribution in [0.15, 0.2) is 85.2 Å². The predicted octanol–water partition coefficient (Wildman–Crippen LogP) is 0.717. The fourth-order valence-corrected chi connectivity index (χ4v) is 6.91. The number of halogens is 3. The molecule has 320 valence electrons. The second-order valence-corrected chi connectivity index (χ2v) is 14.7. The van der Waals surface area contributed by atoms with Crippen molar-refractivity contribution in [1.29, 1.82) is 0 Å². The fraction of sp³-hybridized carbons (Fsp3) is 0.220. The van der Waals surface area contributed by atoms with Gasteiger partial charge in [0, 0.05) is 92.8 Å². The lowest BCUT2D eigenvalue weighted by molar-refractivity contribution is -0.117. The largest absolute Gasteiger partial charge is 1.00 e. The summed E-state index contributed by atoms with van der Waals surface area (Å²) in [5.74, 6) is -0.511. The number of nitrogens with one attached hydrogen (secondary N) is 6. The molecule has 5 amide bonds. The van der Waals surface area contributed by atoms with Gasteiger partial charge in [-0.1, -0.05) is 0 Å². The Morgan fingerprint density at radius 2 is 1.28 bits per heavy atom. The van der Waals surface area contributed by atoms with E-state index in [0.29, 0.717) is 76.3 Å². The molecule has 0 saturated carbocycles. The third-order valence-electron chi connectivity index (χ3n) is 9.61. The third-order valence-corrected chi connectivity index (χ3v) is 9.95. The van der Waals surface area contributed by atoms with Crippen LogP contribution in [0.2, 0.25) is 0 Å². The van der Waals surface area contributed by atoms with Crippen LogP contribution in [-0.4, -0.2) is 85.5 Å². The lowest BCUT2D eigenvalue weighted by Crippen LogP contribution is -3.00. The minimum Gasteiger partial charge on any atom is -1.00 e. The van der Waals surface area contributed by atoms with E-state index >= 15 is 0 Å². The van der Waals surface area contributed by atoms with Gasteiger partial charge in [-0.05, 0) is 72.8 Å². The monoisotopic (exact) mass is 890 g/mol. The molecule has 6 rings (SSSR count). The first-order valence-electron chi connectivity index (χ1n) is 18.7. The quantitative estimate of drug-likeness (QED) is 0.0371. The van der Waals surface area contributed by atoms with E-state index in [0.717, 1.165) is 5.69 Å². The average Bonchev–Trinajstić information content (AvgIpc) is 3.99. The topological polar surface area (TPSA) is 231 Å². The molecule has 17 nitrogen and oxygen atoms in total. The van der Waals surface area contributed by atoms with Crippen LogP contribution < -0.4 is 55.0 Å². The van der Waals surface area contributed by atoms with Crippen LogP contribution in [0.5, 0.6) is 0 Å². The van der Waals surface area contributed by atoms with Gasteiger partial charge < -0.3 is 62.6 Å². The number of H-pyrrole nitrogens is 1. The Labute approximate surface area is 366 Å². The highest BCUT2D eigenvalue weighted by Gasteiger charge is 2.20. The van der Waals surface area contributed by atoms with Gasteiger partial charge in [0.1, 0.15) is 28.6 Å². The SMILES string of the molecule is Cn1cc(NC(=O)c2cc3cc(NC(=O)c4ccc(N(CCCl)CCCl)cc4)ccc3[nH]2)cc1C(=O)Nc1cc(C(=O)Nc2ccc(C(=O)NCCC(N)=[NH2+])n2C)n(C)c1.[Cl-]. The molecule has 0 aliphatic heterocycles. The minimum atomic E-state index is -0.474. The van der Waals surface area contributed by atoms with Crippen molar-refractivity contribution in [3.05, 3.63) is 114 Å². The highest BCUT2D eigenvalue weighted by molar-refractivity contribution is 6.18. The normalized spacial score (nSPS) is 10.8. The van der Waals surface area contributed by atoms with Gasteiger partial charge in [0.15, 0.2) is 0 Å². The molecular weight excluding hydrogens is 847 g/mol. The lowest BCUT2D eigenvalue weighted by atomic mass is 10.1. The molecule has 4 aromatic heterocycles. The number of aromatic amines is 1. The van der Waals surface area contributed by atoms with Gasteiger partial charge in [0.2, 0.25) is 5.84 Å². The van der Waals surface area contributed by atoms with Crippen molar-refractivity contribution in [3.63, 3.8) is 0 Å². The number of alkyl halides is 2. The lowest BCUT2D eigenvalue weighted by Gasteiger charge is -2.22. The molecule has 0 aliphatic rings. The van der Waals surface area contributed by atoms with E-state index in [1.807, 2.05) is 17.0 Å². The van der Waals surface area contributed by atoms with Gasteiger partial charge in [-0.3, -0.25) is 35.1 Å². The minimum absolute atomic E-state index is 0. The Balaban J connectivity index is 0.00000704. The third kappa shape index (κ3) is 10.9. The summed E-state index contributed by atoms with van der Waals surface area (Å²) in [5.41, 5.74) is 9.92. The number of rotatable bonds is 17. The molecular formula is C41H45Cl3N12O5. The zero-order valence-electron chi connectivity index (χ0n) is 33.4. The van der Waals surface area contributed by atoms with Crippen LogP contribution in [0, 0.1) is 0 Å². The number of hydrogen-bond acceptors (Lipinski definition) is 6.